The molecule has 0 radical (unpaired) electrons. The Morgan fingerprint density at radius 2 is 0.697 bits per heavy atom. The average molecular weight is 973 g/mol. The molecular formula is C68H44N8. The highest BCUT2D eigenvalue weighted by molar-refractivity contribution is 6.13. The molecule has 0 spiro atoms. The number of nitrogens with zero attached hydrogens (tertiary/aromatic N) is 7. The fourth-order valence-electron chi connectivity index (χ4n) is 12.1. The molecule has 356 valence electrons. The molecule has 1 N–H and O–H groups in total. The van der Waals surface area contributed by atoms with E-state index in [1.54, 1.807) is 0 Å². The molecule has 1 unspecified atom stereocenters. The Balaban J connectivity index is 0.893. The molecule has 0 fully saturated rings. The summed E-state index contributed by atoms with van der Waals surface area (Å²) in [5.74, 6) is 1.66. The van der Waals surface area contributed by atoms with Crippen LogP contribution >= 0.6 is 0 Å². The molecule has 76 heavy (non-hydrogen) atoms. The lowest BCUT2D eigenvalue weighted by Gasteiger charge is -2.26. The van der Waals surface area contributed by atoms with Crippen LogP contribution in [0.4, 0.5) is 0 Å². The molecule has 0 aliphatic carbocycles. The summed E-state index contributed by atoms with van der Waals surface area (Å²) in [5, 5.41) is 13.5. The second-order valence-electron chi connectivity index (χ2n) is 19.6. The lowest BCUT2D eigenvalue weighted by molar-refractivity contribution is 0.729. The Labute approximate surface area is 436 Å². The summed E-state index contributed by atoms with van der Waals surface area (Å²) in [6, 6.07) is 85.8. The van der Waals surface area contributed by atoms with Gasteiger partial charge < -0.3 is 14.5 Å². The molecule has 1 aliphatic rings. The molecule has 7 aromatic heterocycles. The van der Waals surface area contributed by atoms with Gasteiger partial charge >= 0.3 is 0 Å². The number of nitrogens with one attached hydrogen (secondary N) is 1. The van der Waals surface area contributed by atoms with Crippen molar-refractivity contribution in [3.63, 3.8) is 0 Å². The number of rotatable bonds is 7. The van der Waals surface area contributed by atoms with Crippen LogP contribution in [-0.2, 0) is 0 Å². The second-order valence-corrected chi connectivity index (χ2v) is 19.6. The lowest BCUT2D eigenvalue weighted by Crippen LogP contribution is -2.24. The molecular weight excluding hydrogens is 929 g/mol. The molecule has 8 heterocycles. The van der Waals surface area contributed by atoms with Crippen molar-refractivity contribution in [3.8, 4) is 28.7 Å². The van der Waals surface area contributed by atoms with E-state index < -0.39 is 0 Å². The van der Waals surface area contributed by atoms with Gasteiger partial charge in [0, 0.05) is 54.9 Å². The molecule has 16 rings (SSSR count). The normalized spacial score (nSPS) is 13.9. The molecule has 0 amide bonds. The third kappa shape index (κ3) is 6.40. The Hall–Kier alpha value is -10.3. The van der Waals surface area contributed by atoms with Gasteiger partial charge in [-0.05, 0) is 91.0 Å². The number of allylic oxidation sites excluding steroid dienone is 2. The van der Waals surface area contributed by atoms with Crippen LogP contribution in [0.15, 0.2) is 255 Å². The van der Waals surface area contributed by atoms with Crippen LogP contribution in [0.25, 0.3) is 127 Å². The highest BCUT2D eigenvalue weighted by atomic mass is 15.1. The number of fused-ring (bicyclic) bond motifs is 12. The van der Waals surface area contributed by atoms with E-state index >= 15 is 0 Å². The Kier molecular flexibility index (Phi) is 9.23. The molecule has 1 aliphatic heterocycles. The van der Waals surface area contributed by atoms with Gasteiger partial charge in [0.1, 0.15) is 11.6 Å². The van der Waals surface area contributed by atoms with E-state index in [2.05, 4.69) is 278 Å². The standard InChI is InChI=1S/C68H44N8/c1-9-30-59-45(19-1)46-20-2-10-31-60(46)73(59)43-39-56(70-57(40-43)55-29-18-38-67(71-55)75-63-34-13-5-23-49(63)50-24-6-14-35-64(50)75)53-27-17-28-54(69-53)58-41-44(74-61-32-11-3-21-47(61)48-22-4-12-33-62(48)74)42-68(72-58)76-65-36-15-7-25-51(65)52-26-8-16-37-66(52)76/h1-42,57,70H. The molecule has 0 saturated carbocycles. The molecule has 8 aromatic carbocycles. The van der Waals surface area contributed by atoms with E-state index in [-0.39, 0.29) is 6.04 Å². The third-order valence-electron chi connectivity index (χ3n) is 15.4. The molecule has 15 aromatic rings. The van der Waals surface area contributed by atoms with E-state index in [1.807, 2.05) is 0 Å². The molecule has 0 bridgehead atoms. The zero-order chi connectivity index (χ0) is 49.8. The maximum Gasteiger partial charge on any atom is 0.140 e. The Morgan fingerprint density at radius 1 is 0.303 bits per heavy atom. The summed E-state index contributed by atoms with van der Waals surface area (Å²) in [6.45, 7) is 0. The van der Waals surface area contributed by atoms with Crippen LogP contribution in [0.1, 0.15) is 17.4 Å². The SMILES string of the molecule is C1=C(c2cccc(-c3cc(-n4c5ccccc5c5ccccc54)cc(-n4c5ccccc5c5ccccc54)n3)n2)NC(c2cccc(-n3c4ccccc4c4ccccc43)n2)C=C1n1c2ccccc2c2ccccc21. The molecule has 1 atom stereocenters. The second kappa shape index (κ2) is 16.6. The van der Waals surface area contributed by atoms with Crippen LogP contribution in [0.5, 0.6) is 0 Å². The summed E-state index contributed by atoms with van der Waals surface area (Å²) in [6.07, 6.45) is 4.54. The fourth-order valence-corrected chi connectivity index (χ4v) is 12.1. The van der Waals surface area contributed by atoms with Gasteiger partial charge in [-0.3, -0.25) is 9.13 Å². The monoisotopic (exact) mass is 972 g/mol. The van der Waals surface area contributed by atoms with Gasteiger partial charge in [0.15, 0.2) is 0 Å². The molecule has 8 heteroatoms. The van der Waals surface area contributed by atoms with Crippen LogP contribution in [-0.4, -0.2) is 33.2 Å². The summed E-state index contributed by atoms with van der Waals surface area (Å²) in [7, 11) is 0. The smallest absolute Gasteiger partial charge is 0.140 e. The topological polar surface area (TPSA) is 70.4 Å². The maximum absolute atomic E-state index is 5.59. The highest BCUT2D eigenvalue weighted by Crippen LogP contribution is 2.40. The zero-order valence-corrected chi connectivity index (χ0v) is 41.0. The van der Waals surface area contributed by atoms with Crippen molar-refractivity contribution in [2.45, 2.75) is 6.04 Å². The quantitative estimate of drug-likeness (QED) is 0.173. The summed E-state index contributed by atoms with van der Waals surface area (Å²) < 4.78 is 9.34. The lowest BCUT2D eigenvalue weighted by atomic mass is 10.0. The van der Waals surface area contributed by atoms with Crippen molar-refractivity contribution in [1.29, 1.82) is 0 Å². The van der Waals surface area contributed by atoms with E-state index in [1.165, 1.54) is 43.1 Å². The van der Waals surface area contributed by atoms with E-state index in [4.69, 9.17) is 15.0 Å². The highest BCUT2D eigenvalue weighted by Gasteiger charge is 2.25. The van der Waals surface area contributed by atoms with Crippen molar-refractivity contribution < 1.29 is 0 Å². The first-order valence-corrected chi connectivity index (χ1v) is 25.8. The number of aromatic nitrogens is 7. The number of dihydropyridines is 1. The van der Waals surface area contributed by atoms with Crippen molar-refractivity contribution in [1.82, 2.24) is 38.5 Å². The van der Waals surface area contributed by atoms with Crippen LogP contribution in [0.2, 0.25) is 0 Å². The van der Waals surface area contributed by atoms with Crippen LogP contribution in [0, 0.1) is 0 Å². The minimum atomic E-state index is -0.327. The maximum atomic E-state index is 5.59. The minimum Gasteiger partial charge on any atom is -0.371 e. The van der Waals surface area contributed by atoms with Gasteiger partial charge in [-0.15, -0.1) is 0 Å². The summed E-state index contributed by atoms with van der Waals surface area (Å²) in [4.78, 5) is 16.7. The molecule has 8 nitrogen and oxygen atoms in total. The van der Waals surface area contributed by atoms with Crippen molar-refractivity contribution in [2.75, 3.05) is 0 Å². The largest absolute Gasteiger partial charge is 0.371 e. The zero-order valence-electron chi connectivity index (χ0n) is 41.0. The van der Waals surface area contributed by atoms with Crippen molar-refractivity contribution in [3.05, 3.63) is 266 Å². The first-order valence-electron chi connectivity index (χ1n) is 25.8. The van der Waals surface area contributed by atoms with Gasteiger partial charge in [-0.25, -0.2) is 15.0 Å². The van der Waals surface area contributed by atoms with Crippen molar-refractivity contribution in [2.24, 2.45) is 0 Å². The first kappa shape index (κ1) is 42.2. The number of hydrogen-bond donors (Lipinski definition) is 1. The van der Waals surface area contributed by atoms with E-state index in [0.29, 0.717) is 0 Å². The summed E-state index contributed by atoms with van der Waals surface area (Å²) in [5.41, 5.74) is 15.0. The Morgan fingerprint density at radius 3 is 1.17 bits per heavy atom. The number of hydrogen-bond acceptors (Lipinski definition) is 4. The Bertz CT molecular complexity index is 4600. The van der Waals surface area contributed by atoms with Crippen LogP contribution < -0.4 is 5.32 Å². The van der Waals surface area contributed by atoms with Crippen LogP contribution in [0.3, 0.4) is 0 Å². The average Bonchev–Trinajstić information content (AvgIpc) is 4.29. The first-order chi connectivity index (χ1) is 37.7. The third-order valence-corrected chi connectivity index (χ3v) is 15.4. The minimum absolute atomic E-state index is 0.327. The van der Waals surface area contributed by atoms with Gasteiger partial charge in [-0.2, -0.15) is 0 Å². The predicted octanol–water partition coefficient (Wildman–Crippen LogP) is 16.2. The summed E-state index contributed by atoms with van der Waals surface area (Å²) >= 11 is 0. The number of para-hydroxylation sites is 8. The van der Waals surface area contributed by atoms with Gasteiger partial charge in [0.2, 0.25) is 0 Å². The van der Waals surface area contributed by atoms with Gasteiger partial charge in [-0.1, -0.05) is 158 Å². The fraction of sp³-hybridized carbons (Fsp3) is 0.0147. The van der Waals surface area contributed by atoms with Gasteiger partial charge in [0.05, 0.1) is 84.3 Å². The predicted molar refractivity (Wildman–Crippen MR) is 312 cm³/mol. The van der Waals surface area contributed by atoms with E-state index in [9.17, 15) is 0 Å². The number of pyridine rings is 3. The van der Waals surface area contributed by atoms with Crippen molar-refractivity contribution >= 4 is 98.6 Å². The number of benzene rings is 8. The molecule has 0 saturated heterocycles. The van der Waals surface area contributed by atoms with Gasteiger partial charge in [0.25, 0.3) is 0 Å². The van der Waals surface area contributed by atoms with E-state index in [0.717, 1.165) is 95.6 Å².